The van der Waals surface area contributed by atoms with Gasteiger partial charge in [0.05, 0.1) is 27.9 Å². The Morgan fingerprint density at radius 1 is 1.10 bits per heavy atom. The quantitative estimate of drug-likeness (QED) is 0.368. The molecule has 0 aliphatic carbocycles. The minimum absolute atomic E-state index is 0.0925. The van der Waals surface area contributed by atoms with Crippen LogP contribution in [0.1, 0.15) is 17.7 Å². The lowest BCUT2D eigenvalue weighted by Crippen LogP contribution is -2.18. The Morgan fingerprint density at radius 2 is 1.80 bits per heavy atom. The Bertz CT molecular complexity index is 835. The second-order valence-electron chi connectivity index (χ2n) is 5.94. The van der Waals surface area contributed by atoms with E-state index in [0.29, 0.717) is 53.4 Å². The number of ether oxygens (including phenoxy) is 2. The van der Waals surface area contributed by atoms with Crippen molar-refractivity contribution in [1.82, 2.24) is 10.3 Å². The Hall–Kier alpha value is -1.38. The van der Waals surface area contributed by atoms with Crippen molar-refractivity contribution in [2.45, 2.75) is 19.1 Å². The van der Waals surface area contributed by atoms with Gasteiger partial charge in [0.25, 0.3) is 0 Å². The van der Waals surface area contributed by atoms with Crippen molar-refractivity contribution in [1.29, 1.82) is 0 Å². The number of halogens is 7. The van der Waals surface area contributed by atoms with Crippen LogP contribution in [-0.4, -0.2) is 24.7 Å². The average molecular weight is 504 g/mol. The number of aromatic nitrogens is 1. The van der Waals surface area contributed by atoms with E-state index in [2.05, 4.69) is 10.3 Å². The number of rotatable bonds is 10. The van der Waals surface area contributed by atoms with Crippen molar-refractivity contribution < 1.29 is 22.6 Å². The van der Waals surface area contributed by atoms with E-state index < -0.39 is 11.7 Å². The second kappa shape index (κ2) is 11.9. The van der Waals surface area contributed by atoms with Gasteiger partial charge in [-0.05, 0) is 31.2 Å². The molecule has 1 N–H and O–H groups in total. The maximum atomic E-state index is 12.5. The van der Waals surface area contributed by atoms with E-state index in [-0.39, 0.29) is 11.1 Å². The number of pyridine rings is 1. The summed E-state index contributed by atoms with van der Waals surface area (Å²) in [7, 11) is 0. The molecule has 0 radical (unpaired) electrons. The number of nitrogens with one attached hydrogen (secondary N) is 1. The molecule has 2 aromatic rings. The van der Waals surface area contributed by atoms with Gasteiger partial charge in [-0.1, -0.05) is 46.4 Å². The normalized spacial score (nSPS) is 11.3. The minimum atomic E-state index is -4.39. The fourth-order valence-electron chi connectivity index (χ4n) is 2.24. The van der Waals surface area contributed by atoms with Gasteiger partial charge in [0, 0.05) is 24.9 Å². The zero-order chi connectivity index (χ0) is 22.1. The highest BCUT2D eigenvalue weighted by Crippen LogP contribution is 2.37. The largest absolute Gasteiger partial charge is 0.490 e. The van der Waals surface area contributed by atoms with Gasteiger partial charge in [0.2, 0.25) is 0 Å². The molecule has 0 aliphatic heterocycles. The maximum Gasteiger partial charge on any atom is 0.417 e. The monoisotopic (exact) mass is 502 g/mol. The van der Waals surface area contributed by atoms with Gasteiger partial charge in [0.15, 0.2) is 5.75 Å². The average Bonchev–Trinajstić information content (AvgIpc) is 2.65. The smallest absolute Gasteiger partial charge is 0.417 e. The molecular formula is C19H17Cl4F3N2O2. The molecule has 30 heavy (non-hydrogen) atoms. The first-order chi connectivity index (χ1) is 14.2. The predicted octanol–water partition coefficient (Wildman–Crippen LogP) is 6.66. The van der Waals surface area contributed by atoms with E-state index in [1.54, 1.807) is 12.1 Å². The predicted molar refractivity (Wildman–Crippen MR) is 113 cm³/mol. The van der Waals surface area contributed by atoms with Crippen molar-refractivity contribution in [3.8, 4) is 11.5 Å². The summed E-state index contributed by atoms with van der Waals surface area (Å²) in [5.41, 5.74) is -0.264. The van der Waals surface area contributed by atoms with Crippen LogP contribution >= 0.6 is 46.4 Å². The van der Waals surface area contributed by atoms with Gasteiger partial charge in [-0.2, -0.15) is 13.2 Å². The lowest BCUT2D eigenvalue weighted by molar-refractivity contribution is -0.137. The maximum absolute atomic E-state index is 12.5. The van der Waals surface area contributed by atoms with Gasteiger partial charge < -0.3 is 14.8 Å². The van der Waals surface area contributed by atoms with Crippen molar-refractivity contribution >= 4 is 46.4 Å². The first kappa shape index (κ1) is 24.9. The molecule has 0 amide bonds. The van der Waals surface area contributed by atoms with E-state index in [9.17, 15) is 13.2 Å². The molecule has 0 spiro atoms. The summed E-state index contributed by atoms with van der Waals surface area (Å²) in [5.74, 6) is 0.773. The van der Waals surface area contributed by atoms with Gasteiger partial charge in [-0.3, -0.25) is 4.98 Å². The van der Waals surface area contributed by atoms with Crippen LogP contribution in [0, 0.1) is 0 Å². The van der Waals surface area contributed by atoms with Crippen molar-refractivity contribution in [2.24, 2.45) is 0 Å². The van der Waals surface area contributed by atoms with Gasteiger partial charge in [-0.25, -0.2) is 0 Å². The van der Waals surface area contributed by atoms with E-state index in [1.165, 1.54) is 12.1 Å². The zero-order valence-corrected chi connectivity index (χ0v) is 18.4. The zero-order valence-electron chi connectivity index (χ0n) is 15.4. The summed E-state index contributed by atoms with van der Waals surface area (Å²) in [6.45, 7) is 1.39. The molecule has 0 aliphatic rings. The molecule has 164 valence electrons. The van der Waals surface area contributed by atoms with Crippen LogP contribution in [0.2, 0.25) is 10.0 Å². The molecular weight excluding hydrogens is 487 g/mol. The fraction of sp³-hybridized carbons (Fsp3) is 0.316. The van der Waals surface area contributed by atoms with E-state index in [1.807, 2.05) is 0 Å². The summed E-state index contributed by atoms with van der Waals surface area (Å²) in [4.78, 5) is 3.79. The third-order valence-corrected chi connectivity index (χ3v) is 4.53. The molecule has 0 bridgehead atoms. The summed E-state index contributed by atoms with van der Waals surface area (Å²) in [6, 6.07) is 5.47. The number of alkyl halides is 3. The first-order valence-corrected chi connectivity index (χ1v) is 10.2. The topological polar surface area (TPSA) is 43.4 Å². The number of benzene rings is 1. The summed E-state index contributed by atoms with van der Waals surface area (Å²) >= 11 is 23.4. The van der Waals surface area contributed by atoms with E-state index in [4.69, 9.17) is 55.9 Å². The molecule has 1 aromatic carbocycles. The number of hydrogen-bond acceptors (Lipinski definition) is 4. The molecule has 1 heterocycles. The van der Waals surface area contributed by atoms with Crippen LogP contribution in [0.25, 0.3) is 0 Å². The summed E-state index contributed by atoms with van der Waals surface area (Å²) in [5, 5.41) is 3.66. The highest BCUT2D eigenvalue weighted by Gasteiger charge is 2.30. The highest BCUT2D eigenvalue weighted by atomic mass is 35.5. The molecule has 11 heteroatoms. The fourth-order valence-corrected chi connectivity index (χ4v) is 2.95. The highest BCUT2D eigenvalue weighted by molar-refractivity contribution is 6.55. The number of hydrogen-bond donors (Lipinski definition) is 1. The SMILES string of the molecule is FC(F)(F)c1ccc(CNCCCOc2c(Cl)cc(OCC=C(Cl)Cl)cc2Cl)nc1. The minimum Gasteiger partial charge on any atom is -0.490 e. The summed E-state index contributed by atoms with van der Waals surface area (Å²) < 4.78 is 48.6. The third kappa shape index (κ3) is 8.40. The van der Waals surface area contributed by atoms with Gasteiger partial charge in [-0.15, -0.1) is 0 Å². The Labute approximate surface area is 191 Å². The van der Waals surface area contributed by atoms with E-state index in [0.717, 1.165) is 12.3 Å². The molecule has 2 rings (SSSR count). The molecule has 4 nitrogen and oxygen atoms in total. The van der Waals surface area contributed by atoms with Crippen LogP contribution in [0.3, 0.4) is 0 Å². The molecule has 0 saturated heterocycles. The second-order valence-corrected chi connectivity index (χ2v) is 7.76. The standard InChI is InChI=1S/C19H17Cl4F3N2O2/c20-15-8-14(29-7-4-17(22)23)9-16(21)18(15)30-6-1-5-27-11-13-3-2-12(10-28-13)19(24,25)26/h2-4,8-10,27H,1,5-7,11H2. The van der Waals surface area contributed by atoms with Crippen LogP contribution in [0.5, 0.6) is 11.5 Å². The van der Waals surface area contributed by atoms with Crippen LogP contribution in [0.4, 0.5) is 13.2 Å². The van der Waals surface area contributed by atoms with Gasteiger partial charge >= 0.3 is 6.18 Å². The van der Waals surface area contributed by atoms with Gasteiger partial charge in [0.1, 0.15) is 16.8 Å². The van der Waals surface area contributed by atoms with Crippen molar-refractivity contribution in [3.63, 3.8) is 0 Å². The van der Waals surface area contributed by atoms with Crippen LogP contribution < -0.4 is 14.8 Å². The summed E-state index contributed by atoms with van der Waals surface area (Å²) in [6.07, 6.45) is -1.48. The Kier molecular flexibility index (Phi) is 9.84. The van der Waals surface area contributed by atoms with Crippen LogP contribution in [0.15, 0.2) is 41.0 Å². The van der Waals surface area contributed by atoms with E-state index >= 15 is 0 Å². The lowest BCUT2D eigenvalue weighted by atomic mass is 10.2. The first-order valence-electron chi connectivity index (χ1n) is 8.65. The number of nitrogens with zero attached hydrogens (tertiary/aromatic N) is 1. The van der Waals surface area contributed by atoms with Crippen LogP contribution in [-0.2, 0) is 12.7 Å². The molecule has 1 aromatic heterocycles. The molecule has 0 unspecified atom stereocenters. The molecule has 0 fully saturated rings. The Balaban J connectivity index is 1.73. The molecule has 0 saturated carbocycles. The third-order valence-electron chi connectivity index (χ3n) is 3.66. The van der Waals surface area contributed by atoms with Crippen molar-refractivity contribution in [3.05, 3.63) is 62.3 Å². The molecule has 0 atom stereocenters. The lowest BCUT2D eigenvalue weighted by Gasteiger charge is -2.12. The van der Waals surface area contributed by atoms with Crippen molar-refractivity contribution in [2.75, 3.05) is 19.8 Å². The Morgan fingerprint density at radius 3 is 2.37 bits per heavy atom.